The van der Waals surface area contributed by atoms with E-state index in [1.807, 2.05) is 38.1 Å². The molecule has 0 aliphatic carbocycles. The second kappa shape index (κ2) is 10.7. The fourth-order valence-electron chi connectivity index (χ4n) is 3.41. The van der Waals surface area contributed by atoms with Crippen LogP contribution >= 0.6 is 11.6 Å². The van der Waals surface area contributed by atoms with Gasteiger partial charge in [0.15, 0.2) is 0 Å². The maximum Gasteiger partial charge on any atom is 0.264 e. The first-order chi connectivity index (χ1) is 15.7. The van der Waals surface area contributed by atoms with Crippen molar-refractivity contribution >= 4 is 33.2 Å². The van der Waals surface area contributed by atoms with Crippen LogP contribution in [0.3, 0.4) is 0 Å². The number of nitrogens with zero attached hydrogens (tertiary/aromatic N) is 1. The summed E-state index contributed by atoms with van der Waals surface area (Å²) in [6.45, 7) is 3.57. The standard InChI is InChI=1S/C25H27ClN2O4S/c1-4-24(19-10-8-18(2)9-11-19)27-25(29)17-28(21-7-5-6-20(26)16-21)33(30,31)23-14-12-22(32-3)13-15-23/h5-16,24H,4,17H2,1-3H3,(H,27,29). The quantitative estimate of drug-likeness (QED) is 0.455. The van der Waals surface area contributed by atoms with Gasteiger partial charge in [0, 0.05) is 5.02 Å². The van der Waals surface area contributed by atoms with Gasteiger partial charge in [0.05, 0.1) is 23.7 Å². The normalized spacial score (nSPS) is 12.1. The number of anilines is 1. The minimum Gasteiger partial charge on any atom is -0.497 e. The summed E-state index contributed by atoms with van der Waals surface area (Å²) >= 11 is 6.12. The van der Waals surface area contributed by atoms with Crippen LogP contribution in [-0.4, -0.2) is 28.0 Å². The molecule has 0 bridgehead atoms. The number of hydrogen-bond donors (Lipinski definition) is 1. The Labute approximate surface area is 200 Å². The highest BCUT2D eigenvalue weighted by Crippen LogP contribution is 2.27. The molecule has 0 fully saturated rings. The van der Waals surface area contributed by atoms with Crippen molar-refractivity contribution in [2.24, 2.45) is 0 Å². The second-order valence-corrected chi connectivity index (χ2v) is 9.90. The van der Waals surface area contributed by atoms with Crippen LogP contribution in [0.4, 0.5) is 5.69 Å². The Hall–Kier alpha value is -3.03. The predicted octanol–water partition coefficient (Wildman–Crippen LogP) is 5.12. The van der Waals surface area contributed by atoms with Gasteiger partial charge < -0.3 is 10.1 Å². The number of rotatable bonds is 9. The smallest absolute Gasteiger partial charge is 0.264 e. The lowest BCUT2D eigenvalue weighted by Crippen LogP contribution is -2.42. The number of amides is 1. The molecule has 1 N–H and O–H groups in total. The van der Waals surface area contributed by atoms with E-state index in [0.717, 1.165) is 15.4 Å². The lowest BCUT2D eigenvalue weighted by Gasteiger charge is -2.26. The Morgan fingerprint density at radius 3 is 2.30 bits per heavy atom. The van der Waals surface area contributed by atoms with Crippen LogP contribution in [0.2, 0.25) is 5.02 Å². The highest BCUT2D eigenvalue weighted by molar-refractivity contribution is 7.92. The third kappa shape index (κ3) is 6.06. The molecule has 1 atom stereocenters. The van der Waals surface area contributed by atoms with Crippen LogP contribution < -0.4 is 14.4 Å². The number of nitrogens with one attached hydrogen (secondary N) is 1. The van der Waals surface area contributed by atoms with Crippen LogP contribution in [0, 0.1) is 6.92 Å². The molecule has 0 aromatic heterocycles. The summed E-state index contributed by atoms with van der Waals surface area (Å²) < 4.78 is 33.2. The lowest BCUT2D eigenvalue weighted by molar-refractivity contribution is -0.120. The highest BCUT2D eigenvalue weighted by atomic mass is 35.5. The Kier molecular flexibility index (Phi) is 8.00. The SMILES string of the molecule is CCC(NC(=O)CN(c1cccc(Cl)c1)S(=O)(=O)c1ccc(OC)cc1)c1ccc(C)cc1. The Morgan fingerprint density at radius 1 is 1.06 bits per heavy atom. The Morgan fingerprint density at radius 2 is 1.73 bits per heavy atom. The zero-order valence-electron chi connectivity index (χ0n) is 18.8. The summed E-state index contributed by atoms with van der Waals surface area (Å²) in [7, 11) is -2.54. The number of aryl methyl sites for hydroxylation is 1. The molecule has 8 heteroatoms. The van der Waals surface area contributed by atoms with Crippen molar-refractivity contribution in [3.63, 3.8) is 0 Å². The summed E-state index contributed by atoms with van der Waals surface area (Å²) in [5.74, 6) is 0.115. The topological polar surface area (TPSA) is 75.7 Å². The summed E-state index contributed by atoms with van der Waals surface area (Å²) in [6, 6.07) is 20.1. The minimum absolute atomic E-state index is 0.0432. The van der Waals surface area contributed by atoms with Crippen molar-refractivity contribution in [3.05, 3.63) is 88.9 Å². The van der Waals surface area contributed by atoms with Crippen LogP contribution in [0.5, 0.6) is 5.75 Å². The minimum atomic E-state index is -4.05. The van der Waals surface area contributed by atoms with E-state index in [2.05, 4.69) is 5.32 Å². The molecular weight excluding hydrogens is 460 g/mol. The van der Waals surface area contributed by atoms with E-state index in [9.17, 15) is 13.2 Å². The number of carbonyl (C=O) groups excluding carboxylic acids is 1. The second-order valence-electron chi connectivity index (χ2n) is 7.61. The molecule has 6 nitrogen and oxygen atoms in total. The van der Waals surface area contributed by atoms with Crippen LogP contribution in [0.25, 0.3) is 0 Å². The number of benzene rings is 3. The molecule has 0 saturated heterocycles. The van der Waals surface area contributed by atoms with E-state index in [-0.39, 0.29) is 10.9 Å². The summed E-state index contributed by atoms with van der Waals surface area (Å²) in [6.07, 6.45) is 0.664. The van der Waals surface area contributed by atoms with E-state index in [1.54, 1.807) is 30.3 Å². The molecule has 0 heterocycles. The van der Waals surface area contributed by atoms with Crippen molar-refractivity contribution in [1.29, 1.82) is 0 Å². The fourth-order valence-corrected chi connectivity index (χ4v) is 5.01. The zero-order chi connectivity index (χ0) is 24.0. The molecule has 0 spiro atoms. The number of ether oxygens (including phenoxy) is 1. The largest absolute Gasteiger partial charge is 0.497 e. The zero-order valence-corrected chi connectivity index (χ0v) is 20.4. The molecule has 33 heavy (non-hydrogen) atoms. The van der Waals surface area contributed by atoms with Crippen LogP contribution in [0.1, 0.15) is 30.5 Å². The predicted molar refractivity (Wildman–Crippen MR) is 131 cm³/mol. The number of halogens is 1. The molecule has 0 aliphatic rings. The first-order valence-electron chi connectivity index (χ1n) is 10.5. The van der Waals surface area contributed by atoms with Crippen LogP contribution in [0.15, 0.2) is 77.7 Å². The van der Waals surface area contributed by atoms with Gasteiger partial charge in [-0.1, -0.05) is 54.4 Å². The van der Waals surface area contributed by atoms with Gasteiger partial charge in [-0.25, -0.2) is 8.42 Å². The molecular formula is C25H27ClN2O4S. The van der Waals surface area contributed by atoms with Crippen molar-refractivity contribution in [3.8, 4) is 5.75 Å². The number of methoxy groups -OCH3 is 1. The third-order valence-electron chi connectivity index (χ3n) is 5.25. The first kappa shape index (κ1) is 24.6. The van der Waals surface area contributed by atoms with E-state index in [1.165, 1.54) is 25.3 Å². The average Bonchev–Trinajstić information content (AvgIpc) is 2.81. The molecule has 3 aromatic carbocycles. The maximum absolute atomic E-state index is 13.5. The van der Waals surface area contributed by atoms with Gasteiger partial charge in [-0.05, 0) is 61.4 Å². The number of hydrogen-bond acceptors (Lipinski definition) is 4. The van der Waals surface area contributed by atoms with Gasteiger partial charge >= 0.3 is 0 Å². The molecule has 1 unspecified atom stereocenters. The van der Waals surface area contributed by atoms with Gasteiger partial charge in [0.1, 0.15) is 12.3 Å². The Bertz CT molecular complexity index is 1200. The van der Waals surface area contributed by atoms with Crippen molar-refractivity contribution in [2.75, 3.05) is 18.0 Å². The van der Waals surface area contributed by atoms with Crippen molar-refractivity contribution < 1.29 is 17.9 Å². The molecule has 0 radical (unpaired) electrons. The van der Waals surface area contributed by atoms with Gasteiger partial charge in [-0.15, -0.1) is 0 Å². The van der Waals surface area contributed by atoms with E-state index < -0.39 is 22.5 Å². The lowest BCUT2D eigenvalue weighted by atomic mass is 10.0. The van der Waals surface area contributed by atoms with Crippen molar-refractivity contribution in [2.45, 2.75) is 31.2 Å². The molecule has 0 aliphatic heterocycles. The van der Waals surface area contributed by atoms with Gasteiger partial charge in [-0.3, -0.25) is 9.10 Å². The average molecular weight is 487 g/mol. The van der Waals surface area contributed by atoms with E-state index in [0.29, 0.717) is 22.9 Å². The van der Waals surface area contributed by atoms with Gasteiger partial charge in [0.25, 0.3) is 10.0 Å². The molecule has 3 aromatic rings. The van der Waals surface area contributed by atoms with Gasteiger partial charge in [-0.2, -0.15) is 0 Å². The summed E-state index contributed by atoms with van der Waals surface area (Å²) in [5.41, 5.74) is 2.39. The summed E-state index contributed by atoms with van der Waals surface area (Å²) in [5, 5.41) is 3.33. The molecule has 3 rings (SSSR count). The monoisotopic (exact) mass is 486 g/mol. The van der Waals surface area contributed by atoms with Gasteiger partial charge in [0.2, 0.25) is 5.91 Å². The third-order valence-corrected chi connectivity index (χ3v) is 7.28. The molecule has 174 valence electrons. The van der Waals surface area contributed by atoms with E-state index >= 15 is 0 Å². The van der Waals surface area contributed by atoms with Crippen LogP contribution in [-0.2, 0) is 14.8 Å². The fraction of sp³-hybridized carbons (Fsp3) is 0.240. The highest BCUT2D eigenvalue weighted by Gasteiger charge is 2.28. The molecule has 1 amide bonds. The van der Waals surface area contributed by atoms with E-state index in [4.69, 9.17) is 16.3 Å². The molecule has 0 saturated carbocycles. The number of carbonyl (C=O) groups is 1. The Balaban J connectivity index is 1.91. The number of sulfonamides is 1. The first-order valence-corrected chi connectivity index (χ1v) is 12.3. The van der Waals surface area contributed by atoms with Crippen molar-refractivity contribution in [1.82, 2.24) is 5.32 Å². The summed E-state index contributed by atoms with van der Waals surface area (Å²) in [4.78, 5) is 13.1. The maximum atomic E-state index is 13.5.